The maximum absolute atomic E-state index is 13.9. The van der Waals surface area contributed by atoms with E-state index in [1.165, 1.54) is 4.52 Å². The molecule has 5 heterocycles. The van der Waals surface area contributed by atoms with Crippen LogP contribution >= 0.6 is 0 Å². The molecule has 2 aliphatic rings. The van der Waals surface area contributed by atoms with Crippen molar-refractivity contribution in [3.63, 3.8) is 0 Å². The van der Waals surface area contributed by atoms with Gasteiger partial charge in [-0.15, -0.1) is 5.10 Å². The van der Waals surface area contributed by atoms with E-state index in [-0.39, 0.29) is 29.2 Å². The molecule has 0 aromatic carbocycles. The standard InChI is InChI=1S/C23H27F3N8O2/c1-14-13-36-8-7-33(14)21-18-9-15(22(35)32-5-3-31(2)4-6-32)12-34(18)30-20(29-21)16-11-28-19(27)10-17(16)23(24,25)26/h9-12,14H,3-8,13H2,1-2H3,(H2,27,28)/t14-/m0/s1. The maximum atomic E-state index is 13.9. The van der Waals surface area contributed by atoms with Crippen LogP contribution in [0.25, 0.3) is 16.9 Å². The molecule has 13 heteroatoms. The fourth-order valence-corrected chi connectivity index (χ4v) is 4.54. The Morgan fingerprint density at radius 1 is 1.17 bits per heavy atom. The first-order chi connectivity index (χ1) is 17.1. The van der Waals surface area contributed by atoms with E-state index < -0.39 is 11.7 Å². The summed E-state index contributed by atoms with van der Waals surface area (Å²) < 4.78 is 48.6. The number of morpholine rings is 1. The van der Waals surface area contributed by atoms with Crippen molar-refractivity contribution in [3.05, 3.63) is 35.7 Å². The van der Waals surface area contributed by atoms with E-state index in [2.05, 4.69) is 20.0 Å². The van der Waals surface area contributed by atoms with Crippen LogP contribution in [-0.4, -0.2) is 94.3 Å². The number of anilines is 2. The fraction of sp³-hybridized carbons (Fsp3) is 0.478. The second-order valence-electron chi connectivity index (χ2n) is 9.18. The number of hydrogen-bond acceptors (Lipinski definition) is 8. The van der Waals surface area contributed by atoms with Crippen molar-refractivity contribution in [2.45, 2.75) is 19.1 Å². The molecule has 2 N–H and O–H groups in total. The number of piperazine rings is 1. The van der Waals surface area contributed by atoms with Crippen molar-refractivity contribution in [2.24, 2.45) is 0 Å². The monoisotopic (exact) mass is 504 g/mol. The summed E-state index contributed by atoms with van der Waals surface area (Å²) in [4.78, 5) is 27.6. The summed E-state index contributed by atoms with van der Waals surface area (Å²) in [6.07, 6.45) is -2.10. The molecule has 5 rings (SSSR count). The molecule has 0 aliphatic carbocycles. The van der Waals surface area contributed by atoms with Crippen LogP contribution in [0, 0.1) is 0 Å². The highest BCUT2D eigenvalue weighted by Gasteiger charge is 2.36. The zero-order chi connectivity index (χ0) is 25.6. The number of ether oxygens (including phenoxy) is 1. The van der Waals surface area contributed by atoms with Crippen LogP contribution in [0.4, 0.5) is 24.8 Å². The predicted octanol–water partition coefficient (Wildman–Crippen LogP) is 2.00. The van der Waals surface area contributed by atoms with Gasteiger partial charge in [0.1, 0.15) is 11.3 Å². The molecule has 2 aliphatic heterocycles. The molecule has 3 aromatic heterocycles. The van der Waals surface area contributed by atoms with Crippen LogP contribution in [0.5, 0.6) is 0 Å². The number of aromatic nitrogens is 4. The Morgan fingerprint density at radius 2 is 1.92 bits per heavy atom. The Kier molecular flexibility index (Phi) is 6.20. The minimum Gasteiger partial charge on any atom is -0.384 e. The normalized spacial score (nSPS) is 19.8. The van der Waals surface area contributed by atoms with Crippen LogP contribution in [0.2, 0.25) is 0 Å². The number of likely N-dealkylation sites (N-methyl/N-ethyl adjacent to an activating group) is 1. The topological polar surface area (TPSA) is 105 Å². The van der Waals surface area contributed by atoms with Crippen LogP contribution in [0.15, 0.2) is 24.5 Å². The van der Waals surface area contributed by atoms with Gasteiger partial charge in [-0.2, -0.15) is 13.2 Å². The van der Waals surface area contributed by atoms with Crippen LogP contribution in [-0.2, 0) is 10.9 Å². The number of alkyl halides is 3. The van der Waals surface area contributed by atoms with E-state index in [1.807, 2.05) is 18.9 Å². The van der Waals surface area contributed by atoms with E-state index in [1.54, 1.807) is 17.2 Å². The molecule has 0 saturated carbocycles. The molecule has 3 aromatic rings. The summed E-state index contributed by atoms with van der Waals surface area (Å²) in [6, 6.07) is 2.40. The molecule has 1 atom stereocenters. The van der Waals surface area contributed by atoms with Crippen molar-refractivity contribution < 1.29 is 22.7 Å². The molecule has 0 spiro atoms. The summed E-state index contributed by atoms with van der Waals surface area (Å²) in [7, 11) is 2.00. The summed E-state index contributed by atoms with van der Waals surface area (Å²) >= 11 is 0. The van der Waals surface area contributed by atoms with Crippen molar-refractivity contribution in [1.82, 2.24) is 29.4 Å². The van der Waals surface area contributed by atoms with Gasteiger partial charge < -0.3 is 25.2 Å². The quantitative estimate of drug-likeness (QED) is 0.578. The summed E-state index contributed by atoms with van der Waals surface area (Å²) in [5.41, 5.74) is 5.22. The van der Waals surface area contributed by atoms with Gasteiger partial charge in [-0.3, -0.25) is 4.79 Å². The second kappa shape index (κ2) is 9.21. The first-order valence-corrected chi connectivity index (χ1v) is 11.7. The number of rotatable bonds is 3. The lowest BCUT2D eigenvalue weighted by Crippen LogP contribution is -2.47. The summed E-state index contributed by atoms with van der Waals surface area (Å²) in [5, 5.41) is 4.38. The number of amides is 1. The Morgan fingerprint density at radius 3 is 2.61 bits per heavy atom. The minimum atomic E-state index is -4.68. The number of nitrogens with two attached hydrogens (primary N) is 1. The lowest BCUT2D eigenvalue weighted by atomic mass is 10.1. The molecule has 192 valence electrons. The average Bonchev–Trinajstić information content (AvgIpc) is 3.28. The highest BCUT2D eigenvalue weighted by Crippen LogP contribution is 2.37. The van der Waals surface area contributed by atoms with Gasteiger partial charge in [0.15, 0.2) is 11.6 Å². The average molecular weight is 505 g/mol. The van der Waals surface area contributed by atoms with Gasteiger partial charge >= 0.3 is 6.18 Å². The highest BCUT2D eigenvalue weighted by atomic mass is 19.4. The fourth-order valence-electron chi connectivity index (χ4n) is 4.54. The largest absolute Gasteiger partial charge is 0.417 e. The molecule has 0 unspecified atom stereocenters. The number of carbonyl (C=O) groups excluding carboxylic acids is 1. The van der Waals surface area contributed by atoms with E-state index in [9.17, 15) is 18.0 Å². The van der Waals surface area contributed by atoms with Crippen LogP contribution in [0.3, 0.4) is 0 Å². The molecule has 2 fully saturated rings. The number of carbonyl (C=O) groups is 1. The Hall–Kier alpha value is -3.45. The predicted molar refractivity (Wildman–Crippen MR) is 127 cm³/mol. The van der Waals surface area contributed by atoms with Gasteiger partial charge in [0, 0.05) is 45.1 Å². The Labute approximate surface area is 205 Å². The van der Waals surface area contributed by atoms with E-state index in [4.69, 9.17) is 10.5 Å². The highest BCUT2D eigenvalue weighted by molar-refractivity contribution is 5.96. The van der Waals surface area contributed by atoms with Gasteiger partial charge in [-0.25, -0.2) is 14.5 Å². The summed E-state index contributed by atoms with van der Waals surface area (Å²) in [6.45, 7) is 6.05. The smallest absolute Gasteiger partial charge is 0.384 e. The Balaban J connectivity index is 1.65. The molecular weight excluding hydrogens is 477 g/mol. The van der Waals surface area contributed by atoms with Crippen molar-refractivity contribution in [1.29, 1.82) is 0 Å². The van der Waals surface area contributed by atoms with Crippen molar-refractivity contribution in [2.75, 3.05) is 63.6 Å². The van der Waals surface area contributed by atoms with Gasteiger partial charge in [-0.05, 0) is 26.1 Å². The van der Waals surface area contributed by atoms with E-state index in [0.29, 0.717) is 49.7 Å². The number of nitrogen functional groups attached to an aromatic ring is 1. The van der Waals surface area contributed by atoms with Gasteiger partial charge in [0.25, 0.3) is 5.91 Å². The number of pyridine rings is 1. The van der Waals surface area contributed by atoms with Crippen molar-refractivity contribution in [3.8, 4) is 11.4 Å². The second-order valence-corrected chi connectivity index (χ2v) is 9.18. The molecule has 36 heavy (non-hydrogen) atoms. The third-order valence-electron chi connectivity index (χ3n) is 6.59. The lowest BCUT2D eigenvalue weighted by molar-refractivity contribution is -0.137. The molecule has 2 saturated heterocycles. The number of fused-ring (bicyclic) bond motifs is 1. The molecule has 1 amide bonds. The molecule has 0 bridgehead atoms. The van der Waals surface area contributed by atoms with Gasteiger partial charge in [0.2, 0.25) is 0 Å². The first kappa shape index (κ1) is 24.3. The van der Waals surface area contributed by atoms with Gasteiger partial charge in [-0.1, -0.05) is 0 Å². The molecule has 0 radical (unpaired) electrons. The number of nitrogens with zero attached hydrogens (tertiary/aromatic N) is 7. The zero-order valence-corrected chi connectivity index (χ0v) is 20.0. The SMILES string of the molecule is C[C@H]1COCCN1c1nc(-c2cnc(N)cc2C(F)(F)F)nn2cc(C(=O)N3CCN(C)CC3)cc12. The number of hydrogen-bond donors (Lipinski definition) is 1. The Bertz CT molecular complexity index is 1290. The molecular formula is C23H27F3N8O2. The minimum absolute atomic E-state index is 0.0800. The lowest BCUT2D eigenvalue weighted by Gasteiger charge is -2.34. The zero-order valence-electron chi connectivity index (χ0n) is 20.0. The third-order valence-corrected chi connectivity index (χ3v) is 6.59. The first-order valence-electron chi connectivity index (χ1n) is 11.7. The summed E-state index contributed by atoms with van der Waals surface area (Å²) in [5.74, 6) is -0.139. The third kappa shape index (κ3) is 4.55. The van der Waals surface area contributed by atoms with E-state index in [0.717, 1.165) is 25.4 Å². The number of halogens is 3. The maximum Gasteiger partial charge on any atom is 0.417 e. The molecule has 10 nitrogen and oxygen atoms in total. The van der Waals surface area contributed by atoms with Crippen LogP contribution in [0.1, 0.15) is 22.8 Å². The van der Waals surface area contributed by atoms with Crippen LogP contribution < -0.4 is 10.6 Å². The van der Waals surface area contributed by atoms with E-state index >= 15 is 0 Å². The van der Waals surface area contributed by atoms with Crippen molar-refractivity contribution >= 4 is 23.1 Å². The van der Waals surface area contributed by atoms with Gasteiger partial charge in [0.05, 0.1) is 35.9 Å².